The highest BCUT2D eigenvalue weighted by atomic mass is 35.5. The van der Waals surface area contributed by atoms with E-state index in [4.69, 9.17) is 21.1 Å². The molecule has 0 aromatic heterocycles. The number of halogens is 1. The molecule has 3 heteroatoms. The third kappa shape index (κ3) is 10.2. The molecule has 0 aliphatic rings. The SMILES string of the molecule is CCCOC(/C=C/CCCCl)OCCC. The first-order valence-electron chi connectivity index (χ1n) is 5.81. The van der Waals surface area contributed by atoms with Gasteiger partial charge in [0.1, 0.15) is 0 Å². The fraction of sp³-hybridized carbons (Fsp3) is 0.833. The van der Waals surface area contributed by atoms with Crippen LogP contribution in [-0.4, -0.2) is 25.4 Å². The Morgan fingerprint density at radius 3 is 2.20 bits per heavy atom. The Hall–Kier alpha value is -0.0500. The van der Waals surface area contributed by atoms with E-state index in [9.17, 15) is 0 Å². The highest BCUT2D eigenvalue weighted by Gasteiger charge is 2.02. The number of allylic oxidation sites excluding steroid dienone is 1. The van der Waals surface area contributed by atoms with E-state index in [0.29, 0.717) is 5.88 Å². The molecule has 15 heavy (non-hydrogen) atoms. The Kier molecular flexibility index (Phi) is 12.0. The van der Waals surface area contributed by atoms with Crippen molar-refractivity contribution in [1.82, 2.24) is 0 Å². The number of ether oxygens (including phenoxy) is 2. The van der Waals surface area contributed by atoms with E-state index in [1.54, 1.807) is 0 Å². The van der Waals surface area contributed by atoms with E-state index in [1.165, 1.54) is 0 Å². The molecule has 0 N–H and O–H groups in total. The minimum Gasteiger partial charge on any atom is -0.349 e. The molecule has 0 bridgehead atoms. The summed E-state index contributed by atoms with van der Waals surface area (Å²) >= 11 is 5.59. The molecule has 0 amide bonds. The van der Waals surface area contributed by atoms with Crippen LogP contribution in [0.2, 0.25) is 0 Å². The van der Waals surface area contributed by atoms with Crippen LogP contribution in [0.4, 0.5) is 0 Å². The van der Waals surface area contributed by atoms with E-state index in [2.05, 4.69) is 19.9 Å². The van der Waals surface area contributed by atoms with Crippen LogP contribution in [-0.2, 0) is 9.47 Å². The first-order chi connectivity index (χ1) is 7.35. The van der Waals surface area contributed by atoms with Crippen LogP contribution in [0, 0.1) is 0 Å². The van der Waals surface area contributed by atoms with Gasteiger partial charge in [-0.15, -0.1) is 11.6 Å². The fourth-order valence-corrected chi connectivity index (χ4v) is 1.18. The van der Waals surface area contributed by atoms with Gasteiger partial charge in [0, 0.05) is 19.1 Å². The topological polar surface area (TPSA) is 18.5 Å². The largest absolute Gasteiger partial charge is 0.349 e. The Morgan fingerprint density at radius 1 is 1.13 bits per heavy atom. The Morgan fingerprint density at radius 2 is 1.73 bits per heavy atom. The van der Waals surface area contributed by atoms with Crippen molar-refractivity contribution in [2.45, 2.75) is 45.8 Å². The zero-order chi connectivity index (χ0) is 11.4. The van der Waals surface area contributed by atoms with Gasteiger partial charge in [-0.25, -0.2) is 0 Å². The molecule has 0 heterocycles. The van der Waals surface area contributed by atoms with Crippen molar-refractivity contribution >= 4 is 11.6 Å². The first-order valence-corrected chi connectivity index (χ1v) is 6.34. The van der Waals surface area contributed by atoms with Gasteiger partial charge in [-0.1, -0.05) is 19.9 Å². The molecular weight excluding hydrogens is 212 g/mol. The van der Waals surface area contributed by atoms with Crippen molar-refractivity contribution in [1.29, 1.82) is 0 Å². The van der Waals surface area contributed by atoms with E-state index >= 15 is 0 Å². The second kappa shape index (κ2) is 12.0. The van der Waals surface area contributed by atoms with Crippen molar-refractivity contribution in [3.63, 3.8) is 0 Å². The van der Waals surface area contributed by atoms with Crippen molar-refractivity contribution in [3.8, 4) is 0 Å². The molecule has 0 unspecified atom stereocenters. The summed E-state index contributed by atoms with van der Waals surface area (Å²) in [7, 11) is 0. The van der Waals surface area contributed by atoms with E-state index in [0.717, 1.165) is 38.9 Å². The lowest BCUT2D eigenvalue weighted by Gasteiger charge is -2.14. The lowest BCUT2D eigenvalue weighted by molar-refractivity contribution is -0.111. The monoisotopic (exact) mass is 234 g/mol. The van der Waals surface area contributed by atoms with Crippen LogP contribution in [0.15, 0.2) is 12.2 Å². The summed E-state index contributed by atoms with van der Waals surface area (Å²) in [5, 5.41) is 0. The summed E-state index contributed by atoms with van der Waals surface area (Å²) in [5.41, 5.74) is 0. The number of rotatable bonds is 10. The summed E-state index contributed by atoms with van der Waals surface area (Å²) in [6.45, 7) is 5.67. The molecule has 90 valence electrons. The van der Waals surface area contributed by atoms with Gasteiger partial charge in [0.05, 0.1) is 0 Å². The lowest BCUT2D eigenvalue weighted by atomic mass is 10.3. The van der Waals surface area contributed by atoms with Crippen molar-refractivity contribution in [2.75, 3.05) is 19.1 Å². The van der Waals surface area contributed by atoms with Crippen molar-refractivity contribution < 1.29 is 9.47 Å². The van der Waals surface area contributed by atoms with Gasteiger partial charge in [0.15, 0.2) is 6.29 Å². The number of hydrogen-bond donors (Lipinski definition) is 0. The Labute approximate surface area is 98.6 Å². The molecule has 0 saturated heterocycles. The van der Waals surface area contributed by atoms with Crippen molar-refractivity contribution in [2.24, 2.45) is 0 Å². The highest BCUT2D eigenvalue weighted by molar-refractivity contribution is 6.17. The molecule has 0 rings (SSSR count). The van der Waals surface area contributed by atoms with Gasteiger partial charge in [-0.05, 0) is 31.8 Å². The van der Waals surface area contributed by atoms with Gasteiger partial charge in [0.2, 0.25) is 0 Å². The molecule has 0 aromatic carbocycles. The molecule has 0 saturated carbocycles. The van der Waals surface area contributed by atoms with E-state index in [1.807, 2.05) is 6.08 Å². The second-order valence-corrected chi connectivity index (χ2v) is 3.75. The summed E-state index contributed by atoms with van der Waals surface area (Å²) < 4.78 is 11.1. The molecule has 0 fully saturated rings. The van der Waals surface area contributed by atoms with Crippen LogP contribution in [0.25, 0.3) is 0 Å². The molecule has 2 nitrogen and oxygen atoms in total. The summed E-state index contributed by atoms with van der Waals surface area (Å²) in [5.74, 6) is 0.709. The number of hydrogen-bond acceptors (Lipinski definition) is 2. The lowest BCUT2D eigenvalue weighted by Crippen LogP contribution is -2.15. The zero-order valence-corrected chi connectivity index (χ0v) is 10.6. The summed E-state index contributed by atoms with van der Waals surface area (Å²) in [6.07, 6.45) is 7.91. The van der Waals surface area contributed by atoms with Crippen molar-refractivity contribution in [3.05, 3.63) is 12.2 Å². The summed E-state index contributed by atoms with van der Waals surface area (Å²) in [6, 6.07) is 0. The number of alkyl halides is 1. The van der Waals surface area contributed by atoms with E-state index < -0.39 is 0 Å². The highest BCUT2D eigenvalue weighted by Crippen LogP contribution is 2.02. The van der Waals surface area contributed by atoms with Crippen LogP contribution >= 0.6 is 11.6 Å². The van der Waals surface area contributed by atoms with Crippen LogP contribution in [0.3, 0.4) is 0 Å². The predicted octanol–water partition coefficient (Wildman–Crippen LogP) is 3.74. The minimum absolute atomic E-state index is 0.180. The second-order valence-electron chi connectivity index (χ2n) is 3.37. The molecule has 0 radical (unpaired) electrons. The van der Waals surface area contributed by atoms with Gasteiger partial charge >= 0.3 is 0 Å². The van der Waals surface area contributed by atoms with Gasteiger partial charge in [-0.3, -0.25) is 0 Å². The zero-order valence-electron chi connectivity index (χ0n) is 9.88. The third-order valence-corrected chi connectivity index (χ3v) is 2.04. The molecule has 0 aliphatic heterocycles. The standard InChI is InChI=1S/C12H23ClO2/c1-3-10-14-12(15-11-4-2)8-6-5-7-9-13/h6,8,12H,3-5,7,9-11H2,1-2H3/b8-6+. The normalized spacial score (nSPS) is 11.7. The molecule has 0 spiro atoms. The average Bonchev–Trinajstić information content (AvgIpc) is 2.27. The third-order valence-electron chi connectivity index (χ3n) is 1.77. The first kappa shape index (κ1) is 14.9. The minimum atomic E-state index is -0.180. The van der Waals surface area contributed by atoms with Gasteiger partial charge < -0.3 is 9.47 Å². The Bertz CT molecular complexity index is 141. The average molecular weight is 235 g/mol. The van der Waals surface area contributed by atoms with Gasteiger partial charge in [-0.2, -0.15) is 0 Å². The predicted molar refractivity (Wildman–Crippen MR) is 65.4 cm³/mol. The smallest absolute Gasteiger partial charge is 0.176 e. The quantitative estimate of drug-likeness (QED) is 0.248. The molecule has 0 atom stereocenters. The maximum absolute atomic E-state index is 5.59. The van der Waals surface area contributed by atoms with Gasteiger partial charge in [0.25, 0.3) is 0 Å². The Balaban J connectivity index is 3.71. The molecule has 0 aliphatic carbocycles. The summed E-state index contributed by atoms with van der Waals surface area (Å²) in [4.78, 5) is 0. The maximum atomic E-state index is 5.59. The van der Waals surface area contributed by atoms with E-state index in [-0.39, 0.29) is 6.29 Å². The van der Waals surface area contributed by atoms with Crippen LogP contribution < -0.4 is 0 Å². The molecule has 0 aromatic rings. The van der Waals surface area contributed by atoms with Crippen LogP contribution in [0.5, 0.6) is 0 Å². The maximum Gasteiger partial charge on any atom is 0.176 e. The molecular formula is C12H23ClO2. The van der Waals surface area contributed by atoms with Crippen LogP contribution in [0.1, 0.15) is 39.5 Å². The fourth-order valence-electron chi connectivity index (χ4n) is 1.03. The number of unbranched alkanes of at least 4 members (excludes halogenated alkanes) is 1.